The number of nitrogen functional groups attached to an aromatic ring is 1. The Balaban J connectivity index is 2.37. The van der Waals surface area contributed by atoms with E-state index >= 15 is 0 Å². The van der Waals surface area contributed by atoms with Crippen molar-refractivity contribution < 1.29 is 0 Å². The molecular weight excluding hydrogens is 228 g/mol. The predicted octanol–water partition coefficient (Wildman–Crippen LogP) is 2.02. The first-order chi connectivity index (χ1) is 6.18. The highest BCUT2D eigenvalue weighted by atomic mass is 79.9. The molecule has 0 unspecified atom stereocenters. The normalized spacial score (nSPS) is 18.6. The van der Waals surface area contributed by atoms with Gasteiger partial charge in [-0.05, 0) is 46.5 Å². The second kappa shape index (κ2) is 3.00. The maximum Gasteiger partial charge on any atom is 0.0461 e. The first kappa shape index (κ1) is 9.03. The summed E-state index contributed by atoms with van der Waals surface area (Å²) in [6, 6.07) is 6.14. The highest BCUT2D eigenvalue weighted by Crippen LogP contribution is 2.47. The molecule has 1 aliphatic rings. The van der Waals surface area contributed by atoms with Crippen molar-refractivity contribution in [1.82, 2.24) is 0 Å². The Bertz CT molecular complexity index is 332. The quantitative estimate of drug-likeness (QED) is 0.778. The molecule has 1 aromatic rings. The summed E-state index contributed by atoms with van der Waals surface area (Å²) in [7, 11) is 0. The molecule has 0 heterocycles. The van der Waals surface area contributed by atoms with Crippen molar-refractivity contribution in [2.24, 2.45) is 5.73 Å². The average molecular weight is 241 g/mol. The first-order valence-electron chi connectivity index (χ1n) is 4.43. The summed E-state index contributed by atoms with van der Waals surface area (Å²) in [6.45, 7) is 0.730. The summed E-state index contributed by atoms with van der Waals surface area (Å²) in [5.41, 5.74) is 13.9. The highest BCUT2D eigenvalue weighted by Gasteiger charge is 2.42. The van der Waals surface area contributed by atoms with E-state index in [-0.39, 0.29) is 5.41 Å². The molecule has 0 amide bonds. The maximum atomic E-state index is 5.81. The van der Waals surface area contributed by atoms with E-state index in [1.165, 1.54) is 18.4 Å². The Morgan fingerprint density at radius 2 is 2.08 bits per heavy atom. The largest absolute Gasteiger partial charge is 0.398 e. The van der Waals surface area contributed by atoms with Crippen LogP contribution < -0.4 is 11.5 Å². The van der Waals surface area contributed by atoms with Gasteiger partial charge in [0.05, 0.1) is 0 Å². The zero-order valence-electron chi connectivity index (χ0n) is 7.39. The smallest absolute Gasteiger partial charge is 0.0461 e. The molecule has 1 aromatic carbocycles. The number of nitrogens with two attached hydrogens (primary N) is 2. The minimum atomic E-state index is 0.245. The van der Waals surface area contributed by atoms with Gasteiger partial charge in [-0.3, -0.25) is 0 Å². The lowest BCUT2D eigenvalue weighted by molar-refractivity contribution is 0.705. The van der Waals surface area contributed by atoms with Gasteiger partial charge in [0, 0.05) is 22.1 Å². The summed E-state index contributed by atoms with van der Waals surface area (Å²) < 4.78 is 0.962. The second-order valence-electron chi connectivity index (χ2n) is 3.72. The third-order valence-corrected chi connectivity index (χ3v) is 3.57. The zero-order chi connectivity index (χ0) is 9.47. The molecule has 0 bridgehead atoms. The van der Waals surface area contributed by atoms with Crippen molar-refractivity contribution in [3.63, 3.8) is 0 Å². The number of hydrogen-bond donors (Lipinski definition) is 2. The van der Waals surface area contributed by atoms with E-state index in [9.17, 15) is 0 Å². The third-order valence-electron chi connectivity index (χ3n) is 2.85. The van der Waals surface area contributed by atoms with Crippen LogP contribution in [0.2, 0.25) is 0 Å². The molecule has 0 aliphatic heterocycles. The number of benzene rings is 1. The van der Waals surface area contributed by atoms with Gasteiger partial charge in [-0.15, -0.1) is 0 Å². The van der Waals surface area contributed by atoms with Gasteiger partial charge in [0.15, 0.2) is 0 Å². The molecule has 0 radical (unpaired) electrons. The summed E-state index contributed by atoms with van der Waals surface area (Å²) in [4.78, 5) is 0. The van der Waals surface area contributed by atoms with E-state index < -0.39 is 0 Å². The fraction of sp³-hybridized carbons (Fsp3) is 0.400. The lowest BCUT2D eigenvalue weighted by Crippen LogP contribution is -2.19. The summed E-state index contributed by atoms with van der Waals surface area (Å²) in [5.74, 6) is 0. The van der Waals surface area contributed by atoms with Gasteiger partial charge < -0.3 is 11.5 Å². The maximum absolute atomic E-state index is 5.81. The standard InChI is InChI=1S/C10H13BrN2/c11-8-2-1-7(5-9(8)13)10(6-12)3-4-10/h1-2,5H,3-4,6,12-13H2. The van der Waals surface area contributed by atoms with Crippen LogP contribution in [0.15, 0.2) is 22.7 Å². The summed E-state index contributed by atoms with van der Waals surface area (Å²) in [5, 5.41) is 0. The van der Waals surface area contributed by atoms with Crippen LogP contribution in [0.5, 0.6) is 0 Å². The van der Waals surface area contributed by atoms with Gasteiger partial charge in [-0.1, -0.05) is 6.07 Å². The molecule has 4 N–H and O–H groups in total. The van der Waals surface area contributed by atoms with Crippen LogP contribution in [0.25, 0.3) is 0 Å². The lowest BCUT2D eigenvalue weighted by Gasteiger charge is -2.13. The Labute approximate surface area is 86.4 Å². The van der Waals surface area contributed by atoms with Gasteiger partial charge in [0.1, 0.15) is 0 Å². The molecule has 0 aromatic heterocycles. The van der Waals surface area contributed by atoms with Gasteiger partial charge in [0.25, 0.3) is 0 Å². The number of halogens is 1. The predicted molar refractivity (Wildman–Crippen MR) is 58.5 cm³/mol. The summed E-state index contributed by atoms with van der Waals surface area (Å²) in [6.07, 6.45) is 2.40. The van der Waals surface area contributed by atoms with Crippen molar-refractivity contribution in [3.05, 3.63) is 28.2 Å². The van der Waals surface area contributed by atoms with Crippen molar-refractivity contribution in [3.8, 4) is 0 Å². The van der Waals surface area contributed by atoms with Crippen molar-refractivity contribution >= 4 is 21.6 Å². The molecule has 1 aliphatic carbocycles. The average Bonchev–Trinajstić information content (AvgIpc) is 2.90. The number of anilines is 1. The Morgan fingerprint density at radius 1 is 1.38 bits per heavy atom. The van der Waals surface area contributed by atoms with E-state index in [1.54, 1.807) is 0 Å². The van der Waals surface area contributed by atoms with Crippen LogP contribution in [0.1, 0.15) is 18.4 Å². The van der Waals surface area contributed by atoms with Crippen molar-refractivity contribution in [1.29, 1.82) is 0 Å². The Hall–Kier alpha value is -0.540. The van der Waals surface area contributed by atoms with Crippen LogP contribution >= 0.6 is 15.9 Å². The highest BCUT2D eigenvalue weighted by molar-refractivity contribution is 9.10. The Morgan fingerprint density at radius 3 is 2.54 bits per heavy atom. The molecule has 0 saturated heterocycles. The van der Waals surface area contributed by atoms with Gasteiger partial charge in [0.2, 0.25) is 0 Å². The van der Waals surface area contributed by atoms with E-state index in [2.05, 4.69) is 22.0 Å². The number of rotatable bonds is 2. The SMILES string of the molecule is NCC1(c2ccc(Br)c(N)c2)CC1. The second-order valence-corrected chi connectivity index (χ2v) is 4.58. The zero-order valence-corrected chi connectivity index (χ0v) is 8.97. The van der Waals surface area contributed by atoms with Crippen LogP contribution in [-0.4, -0.2) is 6.54 Å². The molecule has 2 nitrogen and oxygen atoms in total. The van der Waals surface area contributed by atoms with Crippen LogP contribution in [0.4, 0.5) is 5.69 Å². The molecule has 1 saturated carbocycles. The van der Waals surface area contributed by atoms with Gasteiger partial charge >= 0.3 is 0 Å². The van der Waals surface area contributed by atoms with Gasteiger partial charge in [-0.25, -0.2) is 0 Å². The topological polar surface area (TPSA) is 52.0 Å². The molecule has 0 atom stereocenters. The minimum Gasteiger partial charge on any atom is -0.398 e. The van der Waals surface area contributed by atoms with Crippen LogP contribution in [0, 0.1) is 0 Å². The van der Waals surface area contributed by atoms with E-state index in [0.29, 0.717) is 0 Å². The first-order valence-corrected chi connectivity index (χ1v) is 5.23. The molecule has 0 spiro atoms. The fourth-order valence-corrected chi connectivity index (χ4v) is 1.88. The third kappa shape index (κ3) is 1.46. The van der Waals surface area contributed by atoms with Crippen molar-refractivity contribution in [2.75, 3.05) is 12.3 Å². The molecule has 3 heteroatoms. The van der Waals surface area contributed by atoms with Crippen LogP contribution in [0.3, 0.4) is 0 Å². The fourth-order valence-electron chi connectivity index (χ4n) is 1.64. The molecule has 1 fully saturated rings. The molecular formula is C10H13BrN2. The van der Waals surface area contributed by atoms with Gasteiger partial charge in [-0.2, -0.15) is 0 Å². The summed E-state index contributed by atoms with van der Waals surface area (Å²) >= 11 is 3.38. The molecule has 2 rings (SSSR count). The molecule has 70 valence electrons. The minimum absolute atomic E-state index is 0.245. The lowest BCUT2D eigenvalue weighted by atomic mass is 9.96. The van der Waals surface area contributed by atoms with E-state index in [4.69, 9.17) is 11.5 Å². The van der Waals surface area contributed by atoms with E-state index in [0.717, 1.165) is 16.7 Å². The molecule has 13 heavy (non-hydrogen) atoms. The van der Waals surface area contributed by atoms with E-state index in [1.807, 2.05) is 12.1 Å². The van der Waals surface area contributed by atoms with Crippen LogP contribution in [-0.2, 0) is 5.41 Å². The Kier molecular flexibility index (Phi) is 2.08. The number of hydrogen-bond acceptors (Lipinski definition) is 2. The monoisotopic (exact) mass is 240 g/mol. The van der Waals surface area contributed by atoms with Crippen molar-refractivity contribution in [2.45, 2.75) is 18.3 Å².